The molecule has 1 radical (unpaired) electrons. The molecule has 0 fully saturated rings. The van der Waals surface area contributed by atoms with Gasteiger partial charge in [-0.2, -0.15) is 0 Å². The van der Waals surface area contributed by atoms with Crippen LogP contribution in [0.15, 0.2) is 0 Å². The van der Waals surface area contributed by atoms with E-state index in [9.17, 15) is 0 Å². The van der Waals surface area contributed by atoms with Crippen LogP contribution in [0.25, 0.3) is 0 Å². The van der Waals surface area contributed by atoms with E-state index in [1.807, 2.05) is 0 Å². The Balaban J connectivity index is -0.0000000184. The number of hydrogen-bond donors (Lipinski definition) is 0. The van der Waals surface area contributed by atoms with E-state index in [1.165, 1.54) is 0 Å². The van der Waals surface area contributed by atoms with Gasteiger partial charge in [-0.3, -0.25) is 0 Å². The Labute approximate surface area is 148 Å². The summed E-state index contributed by atoms with van der Waals surface area (Å²) >= 11 is 0. The van der Waals surface area contributed by atoms with Gasteiger partial charge < -0.3 is 45.0 Å². The van der Waals surface area contributed by atoms with Crippen molar-refractivity contribution < 1.29 is 132 Å². The largest absolute Gasteiger partial charge is 3.00 e. The van der Waals surface area contributed by atoms with E-state index in [4.69, 9.17) is 45.0 Å². The van der Waals surface area contributed by atoms with E-state index in [2.05, 4.69) is 0 Å². The molecule has 0 heterocycles. The van der Waals surface area contributed by atoms with Crippen LogP contribution in [0.2, 0.25) is 0 Å². The third kappa shape index (κ3) is 10300. The minimum absolute atomic E-state index is 0. The van der Waals surface area contributed by atoms with Crippen LogP contribution in [0.5, 0.6) is 0 Å². The van der Waals surface area contributed by atoms with Crippen molar-refractivity contribution in [1.29, 1.82) is 0 Å². The zero-order valence-electron chi connectivity index (χ0n) is 6.71. The Morgan fingerprint density at radius 1 is 0.533 bits per heavy atom. The average Bonchev–Trinajstić information content (AvgIpc) is 1.54. The van der Waals surface area contributed by atoms with Gasteiger partial charge in [-0.1, -0.05) is 0 Å². The molecular formula is C3FO9Pr2. The molecule has 0 saturated heterocycles. The maximum Gasteiger partial charge on any atom is 3.00 e. The fraction of sp³-hybridized carbons (Fsp3) is 0. The van der Waals surface area contributed by atoms with E-state index in [0.29, 0.717) is 0 Å². The van der Waals surface area contributed by atoms with Crippen LogP contribution in [0, 0.1) is 82.6 Å². The third-order valence-corrected chi connectivity index (χ3v) is 0. The topological polar surface area (TPSA) is 190 Å². The Morgan fingerprint density at radius 2 is 0.533 bits per heavy atom. The second-order valence-electron chi connectivity index (χ2n) is 0.750. The number of carbonyl (C=O) groups is 3. The van der Waals surface area contributed by atoms with Gasteiger partial charge in [0.2, 0.25) is 0 Å². The standard InChI is InChI=1S/3CH2O3.F.2Pr/c3*2-1(3)4;;;/h3*(H2,2,3,4);;;/q;;;;2*+3/p-6. The van der Waals surface area contributed by atoms with E-state index >= 15 is 0 Å². The third-order valence-electron chi connectivity index (χ3n) is 0. The number of rotatable bonds is 0. The molecule has 0 spiro atoms. The molecule has 0 rings (SSSR count). The zero-order chi connectivity index (χ0) is 10.7. The van der Waals surface area contributed by atoms with Crippen molar-refractivity contribution in [2.75, 3.05) is 0 Å². The van der Waals surface area contributed by atoms with Crippen molar-refractivity contribution in [2.45, 2.75) is 0 Å². The maximum absolute atomic E-state index is 8.33. The molecule has 0 unspecified atom stereocenters. The molecular weight excluding hydrogens is 481 g/mol. The fourth-order valence-electron chi connectivity index (χ4n) is 0. The van der Waals surface area contributed by atoms with Crippen molar-refractivity contribution in [2.24, 2.45) is 0 Å². The number of carbonyl (C=O) groups excluding carboxylic acids is 3. The summed E-state index contributed by atoms with van der Waals surface area (Å²) in [7, 11) is 0. The summed E-state index contributed by atoms with van der Waals surface area (Å²) in [4.78, 5) is 25.0. The molecule has 15 heavy (non-hydrogen) atoms. The van der Waals surface area contributed by atoms with E-state index in [0.717, 1.165) is 0 Å². The van der Waals surface area contributed by atoms with Gasteiger partial charge >= 0.3 is 82.6 Å². The zero-order valence-corrected chi connectivity index (χ0v) is 14.1. The van der Waals surface area contributed by atoms with Gasteiger partial charge in [0.15, 0.2) is 0 Å². The van der Waals surface area contributed by atoms with Crippen molar-refractivity contribution in [3.63, 3.8) is 0 Å². The summed E-state index contributed by atoms with van der Waals surface area (Å²) in [6.07, 6.45) is -7.00. The number of carboxylic acid groups (broad SMARTS) is 6. The number of hydrogen-bond acceptors (Lipinski definition) is 9. The van der Waals surface area contributed by atoms with Gasteiger partial charge in [0.25, 0.3) is 0 Å². The van der Waals surface area contributed by atoms with Crippen LogP contribution in [-0.2, 0) is 0 Å². The molecule has 0 aliphatic rings. The van der Waals surface area contributed by atoms with Gasteiger partial charge in [-0.25, -0.2) is 0 Å². The van der Waals surface area contributed by atoms with Crippen LogP contribution in [0.4, 0.5) is 19.1 Å². The first-order chi connectivity index (χ1) is 5.20. The molecule has 9 nitrogen and oxygen atoms in total. The summed E-state index contributed by atoms with van der Waals surface area (Å²) in [5.41, 5.74) is 0. The quantitative estimate of drug-likeness (QED) is 0.324. The Hall–Kier alpha value is 0.467. The Kier molecular flexibility index (Phi) is 70.5. The number of halogens is 1. The summed E-state index contributed by atoms with van der Waals surface area (Å²) in [5, 5.41) is 50.0. The molecule has 0 aromatic carbocycles. The molecule has 0 aromatic rings. The summed E-state index contributed by atoms with van der Waals surface area (Å²) in [6.45, 7) is 0. The van der Waals surface area contributed by atoms with Gasteiger partial charge in [-0.15, -0.1) is 0 Å². The van der Waals surface area contributed by atoms with E-state index in [-0.39, 0.29) is 87.3 Å². The first kappa shape index (κ1) is 36.1. The van der Waals surface area contributed by atoms with Crippen molar-refractivity contribution in [3.05, 3.63) is 0 Å². The SMILES string of the molecule is O=C([O-])[O-].O=C([O-])[O-].O=C([O-])[O-].[F].[Pr+3].[Pr+3]. The average molecular weight is 481 g/mol. The molecule has 0 aliphatic carbocycles. The predicted octanol–water partition coefficient (Wildman–Crippen LogP) is -6.92. The van der Waals surface area contributed by atoms with Crippen molar-refractivity contribution >= 4 is 18.5 Å². The molecule has 0 atom stereocenters. The molecule has 0 bridgehead atoms. The second-order valence-corrected chi connectivity index (χ2v) is 0.750. The van der Waals surface area contributed by atoms with Crippen LogP contribution < -0.4 is 30.6 Å². The summed E-state index contributed by atoms with van der Waals surface area (Å²) < 4.78 is 0. The molecule has 79 valence electrons. The normalized spacial score (nSPS) is 4.80. The van der Waals surface area contributed by atoms with E-state index < -0.39 is 18.5 Å². The minimum atomic E-state index is -2.33. The van der Waals surface area contributed by atoms with E-state index in [1.54, 1.807) is 0 Å². The molecule has 12 heteroatoms. The van der Waals surface area contributed by atoms with Crippen LogP contribution in [0.1, 0.15) is 0 Å². The molecule has 0 N–H and O–H groups in total. The summed E-state index contributed by atoms with van der Waals surface area (Å²) in [5.74, 6) is 0. The van der Waals surface area contributed by atoms with Crippen molar-refractivity contribution in [3.8, 4) is 0 Å². The van der Waals surface area contributed by atoms with Crippen LogP contribution in [-0.4, -0.2) is 18.5 Å². The van der Waals surface area contributed by atoms with Gasteiger partial charge in [-0.05, 0) is 18.5 Å². The van der Waals surface area contributed by atoms with Crippen LogP contribution in [0.3, 0.4) is 0 Å². The van der Waals surface area contributed by atoms with Crippen LogP contribution >= 0.6 is 0 Å². The van der Waals surface area contributed by atoms with Gasteiger partial charge in [0, 0.05) is 4.70 Å². The predicted molar refractivity (Wildman–Crippen MR) is 17.3 cm³/mol. The first-order valence-electron chi connectivity index (χ1n) is 1.84. The minimum Gasteiger partial charge on any atom is -0.652 e. The Bertz CT molecular complexity index is 121. The second kappa shape index (κ2) is 29.3. The first-order valence-corrected chi connectivity index (χ1v) is 1.84. The fourth-order valence-corrected chi connectivity index (χ4v) is 0. The van der Waals surface area contributed by atoms with Crippen molar-refractivity contribution in [1.82, 2.24) is 0 Å². The Morgan fingerprint density at radius 3 is 0.533 bits per heavy atom. The maximum atomic E-state index is 8.33. The monoisotopic (exact) mass is 481 g/mol. The molecule has 0 amide bonds. The van der Waals surface area contributed by atoms with Gasteiger partial charge in [0.05, 0.1) is 0 Å². The smallest absolute Gasteiger partial charge is 0.652 e. The summed E-state index contributed by atoms with van der Waals surface area (Å²) in [6, 6.07) is 0. The van der Waals surface area contributed by atoms with Gasteiger partial charge in [0.1, 0.15) is 0 Å². The molecule has 0 aliphatic heterocycles. The molecule has 0 saturated carbocycles. The molecule has 0 aromatic heterocycles.